The second-order valence-electron chi connectivity index (χ2n) is 7.74. The number of rotatable bonds is 7. The second kappa shape index (κ2) is 8.70. The molecule has 0 aliphatic carbocycles. The first-order valence-electron chi connectivity index (χ1n) is 10.5. The fraction of sp³-hybridized carbons (Fsp3) is 0.115. The third-order valence-electron chi connectivity index (χ3n) is 5.46. The minimum absolute atomic E-state index is 0.233. The van der Waals surface area contributed by atoms with Crippen LogP contribution in [0.2, 0.25) is 0 Å². The Kier molecular flexibility index (Phi) is 5.44. The van der Waals surface area contributed by atoms with Gasteiger partial charge in [-0.2, -0.15) is 0 Å². The molecule has 0 aliphatic rings. The topological polar surface area (TPSA) is 80.6 Å². The molecule has 0 aliphatic heterocycles. The summed E-state index contributed by atoms with van der Waals surface area (Å²) in [5.74, 6) is -0.700. The van der Waals surface area contributed by atoms with Crippen LogP contribution in [0.3, 0.4) is 0 Å². The van der Waals surface area contributed by atoms with Crippen LogP contribution in [-0.4, -0.2) is 25.4 Å². The molecule has 2 aromatic carbocycles. The Morgan fingerprint density at radius 1 is 0.939 bits per heavy atom. The summed E-state index contributed by atoms with van der Waals surface area (Å²) in [6, 6.07) is 19.8. The second-order valence-corrected chi connectivity index (χ2v) is 7.74. The molecule has 1 N–H and O–H groups in total. The van der Waals surface area contributed by atoms with Crippen LogP contribution in [0.15, 0.2) is 83.6 Å². The monoisotopic (exact) mass is 441 g/mol. The van der Waals surface area contributed by atoms with E-state index >= 15 is 0 Å². The third kappa shape index (κ3) is 4.25. The standard InChI is InChI=1S/C26H20FN3O3/c27-20-11-5-4-10-19(20)23-16-30-24(15-25(31)32)21(14-18-9-6-12-33-18)29-26(30)22(28-23)13-17-7-2-1-3-8-17/h1-12,16H,13-15H2,(H,31,32). The van der Waals surface area contributed by atoms with E-state index in [2.05, 4.69) is 0 Å². The fourth-order valence-corrected chi connectivity index (χ4v) is 3.96. The lowest BCUT2D eigenvalue weighted by Crippen LogP contribution is -2.08. The molecule has 0 unspecified atom stereocenters. The van der Waals surface area contributed by atoms with Crippen LogP contribution < -0.4 is 0 Å². The maximum absolute atomic E-state index is 14.6. The highest BCUT2D eigenvalue weighted by molar-refractivity contribution is 5.71. The molecule has 5 rings (SSSR count). The fourth-order valence-electron chi connectivity index (χ4n) is 3.96. The van der Waals surface area contributed by atoms with Crippen LogP contribution in [-0.2, 0) is 24.1 Å². The predicted octanol–water partition coefficient (Wildman–Crippen LogP) is 4.94. The molecule has 0 amide bonds. The number of halogens is 1. The number of benzene rings is 2. The zero-order valence-corrected chi connectivity index (χ0v) is 17.6. The van der Waals surface area contributed by atoms with E-state index in [4.69, 9.17) is 14.4 Å². The number of carboxylic acids is 1. The lowest BCUT2D eigenvalue weighted by atomic mass is 10.1. The Balaban J connectivity index is 1.74. The molecule has 33 heavy (non-hydrogen) atoms. The number of carbonyl (C=O) groups is 1. The highest BCUT2D eigenvalue weighted by atomic mass is 19.1. The van der Waals surface area contributed by atoms with Crippen molar-refractivity contribution in [1.82, 2.24) is 14.4 Å². The van der Waals surface area contributed by atoms with Gasteiger partial charge in [-0.3, -0.25) is 9.20 Å². The lowest BCUT2D eigenvalue weighted by Gasteiger charge is -2.10. The van der Waals surface area contributed by atoms with Gasteiger partial charge in [-0.25, -0.2) is 14.4 Å². The first kappa shape index (κ1) is 20.6. The van der Waals surface area contributed by atoms with Crippen molar-refractivity contribution in [2.45, 2.75) is 19.3 Å². The third-order valence-corrected chi connectivity index (χ3v) is 5.46. The molecule has 3 heterocycles. The number of carboxylic acid groups (broad SMARTS) is 1. The van der Waals surface area contributed by atoms with Crippen LogP contribution in [0, 0.1) is 5.82 Å². The van der Waals surface area contributed by atoms with Gasteiger partial charge >= 0.3 is 5.97 Å². The van der Waals surface area contributed by atoms with Crippen molar-refractivity contribution in [1.29, 1.82) is 0 Å². The molecular weight excluding hydrogens is 421 g/mol. The zero-order valence-electron chi connectivity index (χ0n) is 17.6. The minimum atomic E-state index is -0.980. The number of fused-ring (bicyclic) bond motifs is 1. The van der Waals surface area contributed by atoms with E-state index in [0.717, 1.165) is 5.56 Å². The Bertz CT molecular complexity index is 1430. The molecule has 5 aromatic rings. The summed E-state index contributed by atoms with van der Waals surface area (Å²) in [4.78, 5) is 21.3. The van der Waals surface area contributed by atoms with E-state index < -0.39 is 11.8 Å². The molecule has 164 valence electrons. The van der Waals surface area contributed by atoms with E-state index in [1.54, 1.807) is 41.1 Å². The number of aliphatic carboxylic acids is 1. The Morgan fingerprint density at radius 2 is 1.73 bits per heavy atom. The van der Waals surface area contributed by atoms with Gasteiger partial charge < -0.3 is 9.52 Å². The number of furan rings is 1. The Labute approximate surface area is 189 Å². The van der Waals surface area contributed by atoms with Gasteiger partial charge in [0.1, 0.15) is 11.6 Å². The van der Waals surface area contributed by atoms with Crippen molar-refractivity contribution in [2.24, 2.45) is 0 Å². The highest BCUT2D eigenvalue weighted by Gasteiger charge is 2.21. The molecule has 0 radical (unpaired) electrons. The summed E-state index contributed by atoms with van der Waals surface area (Å²) in [6.45, 7) is 0. The molecule has 0 spiro atoms. The maximum atomic E-state index is 14.6. The molecule has 0 fully saturated rings. The molecule has 7 heteroatoms. The summed E-state index contributed by atoms with van der Waals surface area (Å²) >= 11 is 0. The lowest BCUT2D eigenvalue weighted by molar-refractivity contribution is -0.136. The van der Waals surface area contributed by atoms with Gasteiger partial charge in [-0.05, 0) is 29.8 Å². The Hall–Kier alpha value is -4.26. The van der Waals surface area contributed by atoms with Crippen molar-refractivity contribution in [3.63, 3.8) is 0 Å². The van der Waals surface area contributed by atoms with Crippen LogP contribution in [0.5, 0.6) is 0 Å². The van der Waals surface area contributed by atoms with Crippen molar-refractivity contribution < 1.29 is 18.7 Å². The smallest absolute Gasteiger partial charge is 0.309 e. The first-order chi connectivity index (χ1) is 16.1. The van der Waals surface area contributed by atoms with Gasteiger partial charge in [-0.15, -0.1) is 0 Å². The van der Waals surface area contributed by atoms with Gasteiger partial charge in [-0.1, -0.05) is 42.5 Å². The van der Waals surface area contributed by atoms with Crippen molar-refractivity contribution in [2.75, 3.05) is 0 Å². The van der Waals surface area contributed by atoms with Gasteiger partial charge in [0.2, 0.25) is 0 Å². The summed E-state index contributed by atoms with van der Waals surface area (Å²) in [5.41, 5.74) is 4.08. The average molecular weight is 441 g/mol. The summed E-state index contributed by atoms with van der Waals surface area (Å²) in [7, 11) is 0. The van der Waals surface area contributed by atoms with Gasteiger partial charge in [0.15, 0.2) is 5.65 Å². The number of imidazole rings is 1. The van der Waals surface area contributed by atoms with Crippen LogP contribution in [0.25, 0.3) is 16.9 Å². The number of hydrogen-bond acceptors (Lipinski definition) is 4. The molecule has 0 bridgehead atoms. The van der Waals surface area contributed by atoms with E-state index in [1.165, 1.54) is 6.07 Å². The molecule has 0 saturated heterocycles. The van der Waals surface area contributed by atoms with E-state index in [0.29, 0.717) is 52.6 Å². The van der Waals surface area contributed by atoms with Crippen LogP contribution in [0.1, 0.15) is 28.4 Å². The predicted molar refractivity (Wildman–Crippen MR) is 120 cm³/mol. The Morgan fingerprint density at radius 3 is 2.45 bits per heavy atom. The summed E-state index contributed by atoms with van der Waals surface area (Å²) in [5, 5.41) is 9.59. The van der Waals surface area contributed by atoms with E-state index in [-0.39, 0.29) is 6.42 Å². The highest BCUT2D eigenvalue weighted by Crippen LogP contribution is 2.27. The van der Waals surface area contributed by atoms with Crippen LogP contribution in [0.4, 0.5) is 4.39 Å². The molecule has 0 atom stereocenters. The van der Waals surface area contributed by atoms with Crippen molar-refractivity contribution in [3.8, 4) is 11.3 Å². The maximum Gasteiger partial charge on any atom is 0.309 e. The molecule has 6 nitrogen and oxygen atoms in total. The largest absolute Gasteiger partial charge is 0.481 e. The van der Waals surface area contributed by atoms with Gasteiger partial charge in [0, 0.05) is 18.2 Å². The molecular formula is C26H20FN3O3. The number of hydrogen-bond donors (Lipinski definition) is 1. The quantitative estimate of drug-likeness (QED) is 0.387. The first-order valence-corrected chi connectivity index (χ1v) is 10.5. The summed E-state index contributed by atoms with van der Waals surface area (Å²) < 4.78 is 21.8. The normalized spacial score (nSPS) is 11.2. The van der Waals surface area contributed by atoms with E-state index in [9.17, 15) is 14.3 Å². The van der Waals surface area contributed by atoms with Crippen molar-refractivity contribution in [3.05, 3.63) is 113 Å². The van der Waals surface area contributed by atoms with E-state index in [1.807, 2.05) is 36.4 Å². The summed E-state index contributed by atoms with van der Waals surface area (Å²) in [6.07, 6.45) is 3.82. The molecule has 3 aromatic heterocycles. The average Bonchev–Trinajstić information content (AvgIpc) is 3.43. The van der Waals surface area contributed by atoms with Crippen LogP contribution >= 0.6 is 0 Å². The van der Waals surface area contributed by atoms with Crippen molar-refractivity contribution >= 4 is 11.6 Å². The number of nitrogens with zero attached hydrogens (tertiary/aromatic N) is 3. The minimum Gasteiger partial charge on any atom is -0.481 e. The molecule has 0 saturated carbocycles. The number of aromatic nitrogens is 3. The zero-order chi connectivity index (χ0) is 22.8. The SMILES string of the molecule is O=C(O)Cc1c(Cc2ccco2)nc2c(Cc3ccccc3)nc(-c3ccccc3F)cn12. The van der Waals surface area contributed by atoms with Gasteiger partial charge in [0.05, 0.1) is 41.9 Å². The van der Waals surface area contributed by atoms with Gasteiger partial charge in [0.25, 0.3) is 0 Å².